The van der Waals surface area contributed by atoms with Gasteiger partial charge in [-0.1, -0.05) is 66.2 Å². The van der Waals surface area contributed by atoms with E-state index in [-0.39, 0.29) is 23.1 Å². The number of nitrogens with one attached hydrogen (secondary N) is 1. The molecule has 37 heavy (non-hydrogen) atoms. The third-order valence-electron chi connectivity index (χ3n) is 6.31. The average Bonchev–Trinajstić information content (AvgIpc) is 3.74. The molecule has 0 spiro atoms. The molecule has 0 saturated heterocycles. The summed E-state index contributed by atoms with van der Waals surface area (Å²) < 4.78 is 28.2. The molecular weight excluding hydrogens is 512 g/mol. The highest BCUT2D eigenvalue weighted by Crippen LogP contribution is 2.31. The van der Waals surface area contributed by atoms with E-state index in [1.807, 2.05) is 42.5 Å². The molecule has 1 saturated carbocycles. The highest BCUT2D eigenvalue weighted by Gasteiger charge is 2.33. The zero-order valence-corrected chi connectivity index (χ0v) is 21.8. The van der Waals surface area contributed by atoms with Crippen LogP contribution in [0.5, 0.6) is 0 Å². The lowest BCUT2D eigenvalue weighted by molar-refractivity contribution is -0.139. The van der Waals surface area contributed by atoms with Crippen LogP contribution in [-0.4, -0.2) is 42.9 Å². The van der Waals surface area contributed by atoms with E-state index in [0.717, 1.165) is 29.5 Å². The van der Waals surface area contributed by atoms with Crippen molar-refractivity contribution in [2.24, 2.45) is 5.92 Å². The minimum atomic E-state index is -4.06. The normalized spacial score (nSPS) is 14.2. The predicted octanol–water partition coefficient (Wildman–Crippen LogP) is 4.96. The highest BCUT2D eigenvalue weighted by molar-refractivity contribution is 7.89. The van der Waals surface area contributed by atoms with Gasteiger partial charge in [-0.2, -0.15) is 4.72 Å². The molecule has 9 heteroatoms. The number of carbonyl (C=O) groups is 2. The lowest BCUT2D eigenvalue weighted by Crippen LogP contribution is -2.41. The smallest absolute Gasteiger partial charge is 0.321 e. The molecule has 0 aromatic heterocycles. The van der Waals surface area contributed by atoms with Gasteiger partial charge in [-0.05, 0) is 66.6 Å². The summed E-state index contributed by atoms with van der Waals surface area (Å²) >= 11 is 5.92. The van der Waals surface area contributed by atoms with Crippen LogP contribution in [0.25, 0.3) is 11.1 Å². The zero-order valence-electron chi connectivity index (χ0n) is 20.2. The van der Waals surface area contributed by atoms with Crippen molar-refractivity contribution >= 4 is 33.5 Å². The molecule has 1 amide bonds. The van der Waals surface area contributed by atoms with Gasteiger partial charge in [-0.15, -0.1) is 0 Å². The zero-order chi connectivity index (χ0) is 26.4. The molecule has 1 fully saturated rings. The number of rotatable bonds is 12. The lowest BCUT2D eigenvalue weighted by Gasteiger charge is -2.24. The molecule has 0 aliphatic heterocycles. The molecule has 194 valence electrons. The van der Waals surface area contributed by atoms with E-state index in [4.69, 9.17) is 11.6 Å². The van der Waals surface area contributed by atoms with Crippen molar-refractivity contribution < 1.29 is 23.1 Å². The van der Waals surface area contributed by atoms with E-state index >= 15 is 0 Å². The number of benzene rings is 3. The number of hydrogen-bond donors (Lipinski definition) is 2. The first-order valence-corrected chi connectivity index (χ1v) is 14.0. The second-order valence-corrected chi connectivity index (χ2v) is 11.4. The van der Waals surface area contributed by atoms with Crippen LogP contribution in [0.1, 0.15) is 31.2 Å². The quantitative estimate of drug-likeness (QED) is 0.338. The van der Waals surface area contributed by atoms with E-state index in [2.05, 4.69) is 4.72 Å². The summed E-state index contributed by atoms with van der Waals surface area (Å²) in [6.45, 7) is 0.797. The maximum absolute atomic E-state index is 12.9. The first-order valence-electron chi connectivity index (χ1n) is 12.2. The lowest BCUT2D eigenvalue weighted by atomic mass is 10.1. The number of carboxylic acid groups (broad SMARTS) is 1. The van der Waals surface area contributed by atoms with Crippen LogP contribution in [-0.2, 0) is 26.2 Å². The Labute approximate surface area is 222 Å². The molecular formula is C28H29ClN2O5S. The van der Waals surface area contributed by atoms with Crippen molar-refractivity contribution in [3.05, 3.63) is 89.4 Å². The Bertz CT molecular complexity index is 1330. The van der Waals surface area contributed by atoms with Gasteiger partial charge in [-0.3, -0.25) is 9.59 Å². The number of carbonyl (C=O) groups excluding carboxylic acids is 1. The molecule has 1 aliphatic carbocycles. The van der Waals surface area contributed by atoms with Crippen LogP contribution in [0, 0.1) is 5.92 Å². The topological polar surface area (TPSA) is 104 Å². The monoisotopic (exact) mass is 540 g/mol. The van der Waals surface area contributed by atoms with Gasteiger partial charge < -0.3 is 10.0 Å². The van der Waals surface area contributed by atoms with Crippen molar-refractivity contribution in [2.75, 3.05) is 6.54 Å². The maximum Gasteiger partial charge on any atom is 0.321 e. The van der Waals surface area contributed by atoms with Gasteiger partial charge in [0.05, 0.1) is 4.90 Å². The number of nitrogens with zero attached hydrogens (tertiary/aromatic N) is 1. The maximum atomic E-state index is 12.9. The molecule has 0 radical (unpaired) electrons. The summed E-state index contributed by atoms with van der Waals surface area (Å²) in [5, 5.41) is 10.3. The number of carboxylic acids is 1. The fourth-order valence-corrected chi connectivity index (χ4v) is 5.45. The first-order chi connectivity index (χ1) is 17.7. The molecule has 7 nitrogen and oxygen atoms in total. The van der Waals surface area contributed by atoms with Crippen LogP contribution in [0.3, 0.4) is 0 Å². The summed E-state index contributed by atoms with van der Waals surface area (Å²) in [4.78, 5) is 26.4. The largest absolute Gasteiger partial charge is 0.480 e. The summed E-state index contributed by atoms with van der Waals surface area (Å²) in [6.07, 6.45) is 2.15. The second kappa shape index (κ2) is 11.9. The fourth-order valence-electron chi connectivity index (χ4n) is 4.10. The van der Waals surface area contributed by atoms with Crippen LogP contribution in [0.15, 0.2) is 83.8 Å². The Morgan fingerprint density at radius 1 is 0.946 bits per heavy atom. The third kappa shape index (κ3) is 7.41. The van der Waals surface area contributed by atoms with Gasteiger partial charge in [0.1, 0.15) is 6.04 Å². The van der Waals surface area contributed by atoms with Crippen LogP contribution < -0.4 is 4.72 Å². The van der Waals surface area contributed by atoms with Gasteiger partial charge in [-0.25, -0.2) is 8.42 Å². The molecule has 1 atom stereocenters. The standard InChI is InChI=1S/C28H29ClN2O5S/c29-24-14-10-21(11-15-24)22-12-16-25(17-13-22)37(35,36)30-26(28(33)34)7-4-18-31(27(32)23-8-9-23)19-20-5-2-1-3-6-20/h1-3,5-6,10-17,23,26,30H,4,7-9,18-19H2,(H,33,34). The van der Waals surface area contributed by atoms with E-state index in [9.17, 15) is 23.1 Å². The van der Waals surface area contributed by atoms with Gasteiger partial charge >= 0.3 is 5.97 Å². The van der Waals surface area contributed by atoms with Gasteiger partial charge in [0.2, 0.25) is 15.9 Å². The Hall–Kier alpha value is -3.20. The summed E-state index contributed by atoms with van der Waals surface area (Å²) in [7, 11) is -4.06. The van der Waals surface area contributed by atoms with Crippen LogP contribution in [0.4, 0.5) is 0 Å². The van der Waals surface area contributed by atoms with Crippen molar-refractivity contribution in [2.45, 2.75) is 43.2 Å². The van der Waals surface area contributed by atoms with E-state index < -0.39 is 22.0 Å². The molecule has 3 aromatic rings. The Balaban J connectivity index is 1.38. The number of amides is 1. The SMILES string of the molecule is O=C(O)C(CCCN(Cc1ccccc1)C(=O)C1CC1)NS(=O)(=O)c1ccc(-c2ccc(Cl)cc2)cc1. The molecule has 4 rings (SSSR count). The van der Waals surface area contributed by atoms with Crippen molar-refractivity contribution in [3.63, 3.8) is 0 Å². The van der Waals surface area contributed by atoms with E-state index in [0.29, 0.717) is 24.5 Å². The van der Waals surface area contributed by atoms with Crippen LogP contribution in [0.2, 0.25) is 5.02 Å². The molecule has 2 N–H and O–H groups in total. The van der Waals surface area contributed by atoms with E-state index in [1.54, 1.807) is 29.2 Å². The Morgan fingerprint density at radius 3 is 2.11 bits per heavy atom. The minimum Gasteiger partial charge on any atom is -0.480 e. The predicted molar refractivity (Wildman–Crippen MR) is 142 cm³/mol. The second-order valence-electron chi connectivity index (χ2n) is 9.21. The number of aliphatic carboxylic acids is 1. The number of sulfonamides is 1. The summed E-state index contributed by atoms with van der Waals surface area (Å²) in [6, 6.07) is 21.7. The molecule has 0 heterocycles. The van der Waals surface area contributed by atoms with Crippen molar-refractivity contribution in [1.82, 2.24) is 9.62 Å². The minimum absolute atomic E-state index is 0.0221. The van der Waals surface area contributed by atoms with Gasteiger partial charge in [0.25, 0.3) is 0 Å². The van der Waals surface area contributed by atoms with Gasteiger partial charge in [0, 0.05) is 24.0 Å². The third-order valence-corrected chi connectivity index (χ3v) is 8.05. The Kier molecular flexibility index (Phi) is 8.63. The summed E-state index contributed by atoms with van der Waals surface area (Å²) in [5.41, 5.74) is 2.68. The number of hydrogen-bond acceptors (Lipinski definition) is 4. The molecule has 1 unspecified atom stereocenters. The summed E-state index contributed by atoms with van der Waals surface area (Å²) in [5.74, 6) is -1.16. The van der Waals surface area contributed by atoms with Crippen molar-refractivity contribution in [3.8, 4) is 11.1 Å². The molecule has 0 bridgehead atoms. The Morgan fingerprint density at radius 2 is 1.54 bits per heavy atom. The van der Waals surface area contributed by atoms with Gasteiger partial charge in [0.15, 0.2) is 0 Å². The number of halogens is 1. The first kappa shape index (κ1) is 26.9. The molecule has 3 aromatic carbocycles. The fraction of sp³-hybridized carbons (Fsp3) is 0.286. The average molecular weight is 541 g/mol. The van der Waals surface area contributed by atoms with Crippen LogP contribution >= 0.6 is 11.6 Å². The molecule has 1 aliphatic rings. The van der Waals surface area contributed by atoms with E-state index in [1.165, 1.54) is 12.1 Å². The highest BCUT2D eigenvalue weighted by atomic mass is 35.5. The van der Waals surface area contributed by atoms with Crippen molar-refractivity contribution in [1.29, 1.82) is 0 Å².